The van der Waals surface area contributed by atoms with Crippen LogP contribution in [0.25, 0.3) is 0 Å². The van der Waals surface area contributed by atoms with Gasteiger partial charge in [0.05, 0.1) is 0 Å². The quantitative estimate of drug-likeness (QED) is 0.346. The van der Waals surface area contributed by atoms with E-state index in [0.717, 1.165) is 0 Å². The topological polar surface area (TPSA) is 127 Å². The average Bonchev–Trinajstić information content (AvgIpc) is 2.07. The largest absolute Gasteiger partial charge is 0.387 e. The van der Waals surface area contributed by atoms with E-state index in [1.807, 2.05) is 0 Å². The van der Waals surface area contributed by atoms with Crippen molar-refractivity contribution in [2.45, 2.75) is 30.7 Å². The summed E-state index contributed by atoms with van der Waals surface area (Å²) < 4.78 is 4.28. The van der Waals surface area contributed by atoms with Crippen LogP contribution in [0.4, 0.5) is 0 Å². The Morgan fingerprint density at radius 2 is 1.54 bits per heavy atom. The van der Waals surface area contributed by atoms with E-state index in [2.05, 4.69) is 4.74 Å². The average molecular weight is 193 g/mol. The Balaban J connectivity index is 2.76. The van der Waals surface area contributed by atoms with Gasteiger partial charge in [0.15, 0.2) is 12.4 Å². The van der Waals surface area contributed by atoms with Crippen LogP contribution in [0.15, 0.2) is 0 Å². The third kappa shape index (κ3) is 1.79. The molecule has 1 fully saturated rings. The van der Waals surface area contributed by atoms with Gasteiger partial charge in [0.25, 0.3) is 0 Å². The van der Waals surface area contributed by atoms with Crippen molar-refractivity contribution in [1.82, 2.24) is 0 Å². The van der Waals surface area contributed by atoms with Crippen LogP contribution >= 0.6 is 0 Å². The molecule has 1 unspecified atom stereocenters. The molecule has 7 nitrogen and oxygen atoms in total. The molecule has 0 amide bonds. The number of hydrogen-bond donors (Lipinski definition) is 4. The van der Waals surface area contributed by atoms with Gasteiger partial charge < -0.3 is 25.2 Å². The molecule has 0 saturated carbocycles. The number of rotatable bonds is 1. The van der Waals surface area contributed by atoms with E-state index in [0.29, 0.717) is 0 Å². The number of aliphatic hydroxyl groups excluding tert-OH is 4. The molecule has 0 aromatic rings. The van der Waals surface area contributed by atoms with Gasteiger partial charge in [-0.2, -0.15) is 0 Å². The monoisotopic (exact) mass is 193 g/mol. The summed E-state index contributed by atoms with van der Waals surface area (Å²) in [6.45, 7) is 0. The molecular formula is C6H9O7. The van der Waals surface area contributed by atoms with Gasteiger partial charge >= 0.3 is 5.97 Å². The van der Waals surface area contributed by atoms with Crippen LogP contribution in [0.2, 0.25) is 0 Å². The molecular weight excluding hydrogens is 184 g/mol. The second-order valence-electron chi connectivity index (χ2n) is 2.74. The van der Waals surface area contributed by atoms with Gasteiger partial charge in [-0.05, 0) is 0 Å². The van der Waals surface area contributed by atoms with Crippen molar-refractivity contribution in [3.63, 3.8) is 0 Å². The lowest BCUT2D eigenvalue weighted by Gasteiger charge is -2.35. The summed E-state index contributed by atoms with van der Waals surface area (Å²) in [5.74, 6) is -1.77. The summed E-state index contributed by atoms with van der Waals surface area (Å²) in [4.78, 5) is 10.3. The Labute approximate surface area is 72.8 Å². The second kappa shape index (κ2) is 3.56. The Kier molecular flexibility index (Phi) is 2.84. The number of ether oxygens (including phenoxy) is 1. The standard InChI is InChI=1S/C6H9O7/c7-1-2(8)4(5(10)11)13-6(12)3(1)9/h1-4,6-9,12H/t1-,2-,3-,4-,6?/m0/s1. The maximum atomic E-state index is 10.3. The summed E-state index contributed by atoms with van der Waals surface area (Å²) >= 11 is 0. The van der Waals surface area contributed by atoms with Gasteiger partial charge in [-0.1, -0.05) is 0 Å². The van der Waals surface area contributed by atoms with Crippen molar-refractivity contribution in [2.24, 2.45) is 0 Å². The first-order chi connectivity index (χ1) is 5.95. The molecule has 1 saturated heterocycles. The van der Waals surface area contributed by atoms with Crippen LogP contribution in [-0.2, 0) is 14.6 Å². The fourth-order valence-electron chi connectivity index (χ4n) is 1.06. The molecule has 0 spiro atoms. The number of carbonyl (C=O) groups excluding carboxylic acids is 1. The highest BCUT2D eigenvalue weighted by Crippen LogP contribution is 2.19. The van der Waals surface area contributed by atoms with Crippen molar-refractivity contribution < 1.29 is 35.1 Å². The van der Waals surface area contributed by atoms with Gasteiger partial charge in [-0.25, -0.2) is 9.90 Å². The van der Waals surface area contributed by atoms with Crippen molar-refractivity contribution in [3.8, 4) is 0 Å². The van der Waals surface area contributed by atoms with E-state index in [9.17, 15) is 9.90 Å². The van der Waals surface area contributed by atoms with Crippen LogP contribution in [-0.4, -0.2) is 57.1 Å². The van der Waals surface area contributed by atoms with E-state index in [-0.39, 0.29) is 0 Å². The minimum absolute atomic E-state index is 1.73. The zero-order valence-electron chi connectivity index (χ0n) is 6.40. The zero-order valence-corrected chi connectivity index (χ0v) is 6.40. The van der Waals surface area contributed by atoms with Crippen LogP contribution in [0.3, 0.4) is 0 Å². The number of hydrogen-bond acceptors (Lipinski definition) is 6. The van der Waals surface area contributed by atoms with E-state index in [4.69, 9.17) is 20.4 Å². The minimum Gasteiger partial charge on any atom is -0.387 e. The molecule has 4 N–H and O–H groups in total. The third-order valence-corrected chi connectivity index (χ3v) is 1.82. The van der Waals surface area contributed by atoms with E-state index in [1.165, 1.54) is 0 Å². The highest BCUT2D eigenvalue weighted by Gasteiger charge is 2.46. The Hall–Kier alpha value is -0.730. The van der Waals surface area contributed by atoms with Crippen LogP contribution < -0.4 is 0 Å². The summed E-state index contributed by atoms with van der Waals surface area (Å²) in [7, 11) is 0. The highest BCUT2D eigenvalue weighted by atomic mass is 16.6. The Morgan fingerprint density at radius 3 is 2.00 bits per heavy atom. The molecule has 0 bridgehead atoms. The molecule has 1 radical (unpaired) electrons. The van der Waals surface area contributed by atoms with E-state index >= 15 is 0 Å². The molecule has 13 heavy (non-hydrogen) atoms. The normalized spacial score (nSPS) is 46.0. The second-order valence-corrected chi connectivity index (χ2v) is 2.74. The Morgan fingerprint density at radius 1 is 1.00 bits per heavy atom. The lowest BCUT2D eigenvalue weighted by atomic mass is 9.99. The van der Waals surface area contributed by atoms with E-state index in [1.54, 1.807) is 0 Å². The molecule has 0 aromatic carbocycles. The maximum absolute atomic E-state index is 10.3. The predicted octanol–water partition coefficient (Wildman–Crippen LogP) is -3.26. The summed E-state index contributed by atoms with van der Waals surface area (Å²) in [6, 6.07) is 0. The molecule has 1 aliphatic heterocycles. The van der Waals surface area contributed by atoms with E-state index < -0.39 is 36.7 Å². The van der Waals surface area contributed by atoms with Crippen molar-refractivity contribution in [3.05, 3.63) is 0 Å². The highest BCUT2D eigenvalue weighted by molar-refractivity contribution is 5.73. The van der Waals surface area contributed by atoms with Gasteiger partial charge in [0.2, 0.25) is 0 Å². The predicted molar refractivity (Wildman–Crippen MR) is 34.6 cm³/mol. The van der Waals surface area contributed by atoms with Crippen LogP contribution in [0, 0.1) is 0 Å². The number of aliphatic hydroxyl groups is 4. The van der Waals surface area contributed by atoms with Gasteiger partial charge in [0, 0.05) is 0 Å². The molecule has 5 atom stereocenters. The Bertz CT molecular complexity index is 205. The summed E-state index contributed by atoms with van der Waals surface area (Å²) in [5.41, 5.74) is 0. The molecule has 1 heterocycles. The first-order valence-electron chi connectivity index (χ1n) is 3.53. The zero-order chi connectivity index (χ0) is 10.2. The molecule has 75 valence electrons. The van der Waals surface area contributed by atoms with Crippen molar-refractivity contribution >= 4 is 5.97 Å². The molecule has 1 aliphatic rings. The van der Waals surface area contributed by atoms with Crippen molar-refractivity contribution in [2.75, 3.05) is 0 Å². The molecule has 7 heteroatoms. The van der Waals surface area contributed by atoms with Gasteiger partial charge in [0.1, 0.15) is 18.3 Å². The smallest absolute Gasteiger partial charge is 0.386 e. The van der Waals surface area contributed by atoms with Crippen LogP contribution in [0.1, 0.15) is 0 Å². The molecule has 0 aromatic heterocycles. The molecule has 1 rings (SSSR count). The minimum atomic E-state index is -1.85. The van der Waals surface area contributed by atoms with Gasteiger partial charge in [-0.3, -0.25) is 0 Å². The first kappa shape index (κ1) is 10.4. The van der Waals surface area contributed by atoms with Gasteiger partial charge in [-0.15, -0.1) is 0 Å². The third-order valence-electron chi connectivity index (χ3n) is 1.82. The fourth-order valence-corrected chi connectivity index (χ4v) is 1.06. The maximum Gasteiger partial charge on any atom is 0.386 e. The SMILES string of the molecule is [O]C(=O)[C@H]1OC(O)[C@@H](O)[C@@H](O)[C@@H]1O. The number of carbonyl (C=O) groups is 1. The van der Waals surface area contributed by atoms with Crippen molar-refractivity contribution in [1.29, 1.82) is 0 Å². The summed E-state index contributed by atoms with van der Waals surface area (Å²) in [5, 5.41) is 46.1. The lowest BCUT2D eigenvalue weighted by molar-refractivity contribution is -0.281. The molecule has 0 aliphatic carbocycles. The first-order valence-corrected chi connectivity index (χ1v) is 3.53. The fraction of sp³-hybridized carbons (Fsp3) is 0.833. The van der Waals surface area contributed by atoms with Crippen LogP contribution in [0.5, 0.6) is 0 Å². The lowest BCUT2D eigenvalue weighted by Crippen LogP contribution is -2.59. The summed E-state index contributed by atoms with van der Waals surface area (Å²) in [6.07, 6.45) is -9.00.